The van der Waals surface area contributed by atoms with Crippen LogP contribution in [0.15, 0.2) is 17.2 Å². The van der Waals surface area contributed by atoms with Crippen LogP contribution < -0.4 is 5.69 Å². The van der Waals surface area contributed by atoms with Gasteiger partial charge in [-0.1, -0.05) is 11.6 Å². The number of hydrogen-bond acceptors (Lipinski definition) is 3. The summed E-state index contributed by atoms with van der Waals surface area (Å²) in [5.74, 6) is -0.827. The second kappa shape index (κ2) is 5.50. The van der Waals surface area contributed by atoms with Crippen molar-refractivity contribution < 1.29 is 9.90 Å². The number of hydrogen-bond donors (Lipinski definition) is 1. The van der Waals surface area contributed by atoms with E-state index in [9.17, 15) is 9.59 Å². The van der Waals surface area contributed by atoms with Crippen molar-refractivity contribution in [2.75, 3.05) is 0 Å². The molecule has 15 heavy (non-hydrogen) atoms. The molecule has 82 valence electrons. The minimum Gasteiger partial charge on any atom is -0.481 e. The molecule has 0 spiro atoms. The first-order valence-electron chi connectivity index (χ1n) is 4.53. The van der Waals surface area contributed by atoms with Crippen molar-refractivity contribution in [1.82, 2.24) is 9.55 Å². The number of carboxylic acids is 1. The minimum atomic E-state index is -0.827. The Labute approximate surface area is 91.3 Å². The summed E-state index contributed by atoms with van der Waals surface area (Å²) in [6, 6.07) is 0. The maximum atomic E-state index is 11.2. The lowest BCUT2D eigenvalue weighted by molar-refractivity contribution is -0.137. The van der Waals surface area contributed by atoms with Crippen LogP contribution in [0.3, 0.4) is 0 Å². The summed E-state index contributed by atoms with van der Waals surface area (Å²) in [5, 5.41) is 8.80. The number of unbranched alkanes of at least 4 members (excludes halogenated alkanes) is 1. The third-order valence-corrected chi connectivity index (χ3v) is 2.06. The normalized spacial score (nSPS) is 10.2. The molecule has 5 nitrogen and oxygen atoms in total. The maximum Gasteiger partial charge on any atom is 0.347 e. The molecule has 6 heteroatoms. The largest absolute Gasteiger partial charge is 0.481 e. The van der Waals surface area contributed by atoms with Crippen LogP contribution in [0.5, 0.6) is 0 Å². The van der Waals surface area contributed by atoms with Crippen molar-refractivity contribution in [3.63, 3.8) is 0 Å². The van der Waals surface area contributed by atoms with E-state index in [4.69, 9.17) is 16.7 Å². The third-order valence-electron chi connectivity index (χ3n) is 1.86. The molecule has 1 rings (SSSR count). The highest BCUT2D eigenvalue weighted by Crippen LogP contribution is 2.03. The number of aryl methyl sites for hydroxylation is 1. The summed E-state index contributed by atoms with van der Waals surface area (Å²) in [6.45, 7) is 0.444. The molecule has 0 bridgehead atoms. The lowest BCUT2D eigenvalue weighted by atomic mass is 10.2. The summed E-state index contributed by atoms with van der Waals surface area (Å²) >= 11 is 5.66. The molecule has 0 aliphatic heterocycles. The van der Waals surface area contributed by atoms with E-state index in [0.29, 0.717) is 24.4 Å². The molecule has 0 aliphatic carbocycles. The molecular formula is C9H11ClN2O3. The van der Waals surface area contributed by atoms with Crippen LogP contribution in [0.4, 0.5) is 0 Å². The Morgan fingerprint density at radius 2 is 2.27 bits per heavy atom. The van der Waals surface area contributed by atoms with Gasteiger partial charge in [-0.05, 0) is 12.8 Å². The fourth-order valence-electron chi connectivity index (χ4n) is 1.15. The monoisotopic (exact) mass is 230 g/mol. The Morgan fingerprint density at radius 3 is 2.93 bits per heavy atom. The number of aromatic nitrogens is 2. The van der Waals surface area contributed by atoms with E-state index in [0.717, 1.165) is 0 Å². The zero-order valence-corrected chi connectivity index (χ0v) is 8.78. The number of rotatable bonds is 5. The van der Waals surface area contributed by atoms with E-state index in [2.05, 4.69) is 4.98 Å². The Bertz CT molecular complexity index is 403. The predicted molar refractivity (Wildman–Crippen MR) is 55.0 cm³/mol. The van der Waals surface area contributed by atoms with Crippen molar-refractivity contribution in [3.8, 4) is 0 Å². The molecule has 0 saturated carbocycles. The van der Waals surface area contributed by atoms with Crippen molar-refractivity contribution in [3.05, 3.63) is 27.9 Å². The van der Waals surface area contributed by atoms with E-state index in [1.54, 1.807) is 0 Å². The van der Waals surface area contributed by atoms with Crippen LogP contribution in [-0.4, -0.2) is 20.6 Å². The topological polar surface area (TPSA) is 72.2 Å². The van der Waals surface area contributed by atoms with Crippen molar-refractivity contribution in [2.24, 2.45) is 0 Å². The Kier molecular flexibility index (Phi) is 4.30. The van der Waals surface area contributed by atoms with E-state index >= 15 is 0 Å². The van der Waals surface area contributed by atoms with Gasteiger partial charge >= 0.3 is 11.7 Å². The second-order valence-electron chi connectivity index (χ2n) is 3.10. The summed E-state index contributed by atoms with van der Waals surface area (Å²) in [7, 11) is 0. The Balaban J connectivity index is 2.47. The maximum absolute atomic E-state index is 11.2. The van der Waals surface area contributed by atoms with Crippen LogP contribution in [0.2, 0.25) is 5.02 Å². The van der Waals surface area contributed by atoms with Gasteiger partial charge in [0.25, 0.3) is 0 Å². The highest BCUT2D eigenvalue weighted by atomic mass is 35.5. The van der Waals surface area contributed by atoms with E-state index in [1.165, 1.54) is 17.0 Å². The van der Waals surface area contributed by atoms with Gasteiger partial charge in [-0.2, -0.15) is 0 Å². The SMILES string of the molecule is O=C(O)CCCCn1cc(Cl)cnc1=O. The molecule has 0 unspecified atom stereocenters. The fraction of sp³-hybridized carbons (Fsp3) is 0.444. The number of aliphatic carboxylic acids is 1. The van der Waals surface area contributed by atoms with Gasteiger partial charge in [0, 0.05) is 19.2 Å². The zero-order chi connectivity index (χ0) is 11.3. The molecule has 0 atom stereocenters. The van der Waals surface area contributed by atoms with Gasteiger partial charge in [0.2, 0.25) is 0 Å². The first-order chi connectivity index (χ1) is 7.09. The molecule has 0 fully saturated rings. The summed E-state index contributed by atoms with van der Waals surface area (Å²) < 4.78 is 1.38. The van der Waals surface area contributed by atoms with Crippen LogP contribution in [-0.2, 0) is 11.3 Å². The first kappa shape index (κ1) is 11.7. The zero-order valence-electron chi connectivity index (χ0n) is 8.02. The molecule has 0 radical (unpaired) electrons. The minimum absolute atomic E-state index is 0.114. The van der Waals surface area contributed by atoms with Crippen molar-refractivity contribution >= 4 is 17.6 Å². The molecule has 1 N–H and O–H groups in total. The highest BCUT2D eigenvalue weighted by molar-refractivity contribution is 6.30. The lowest BCUT2D eigenvalue weighted by Crippen LogP contribution is -2.21. The average Bonchev–Trinajstić information content (AvgIpc) is 2.17. The molecular weight excluding hydrogens is 220 g/mol. The molecule has 1 heterocycles. The first-order valence-corrected chi connectivity index (χ1v) is 4.91. The number of halogens is 1. The summed E-state index contributed by atoms with van der Waals surface area (Å²) in [6.07, 6.45) is 4.06. The van der Waals surface area contributed by atoms with Gasteiger partial charge < -0.3 is 5.11 Å². The van der Waals surface area contributed by atoms with Gasteiger partial charge in [-0.15, -0.1) is 0 Å². The van der Waals surface area contributed by atoms with Crippen LogP contribution in [0.25, 0.3) is 0 Å². The second-order valence-corrected chi connectivity index (χ2v) is 3.54. The van der Waals surface area contributed by atoms with E-state index in [1.807, 2.05) is 0 Å². The number of carboxylic acid groups (broad SMARTS) is 1. The number of carbonyl (C=O) groups is 1. The Hall–Kier alpha value is -1.36. The molecule has 1 aromatic heterocycles. The van der Waals surface area contributed by atoms with E-state index in [-0.39, 0.29) is 12.1 Å². The van der Waals surface area contributed by atoms with Crippen molar-refractivity contribution in [1.29, 1.82) is 0 Å². The number of nitrogens with zero attached hydrogens (tertiary/aromatic N) is 2. The van der Waals surface area contributed by atoms with Gasteiger partial charge in [0.1, 0.15) is 0 Å². The van der Waals surface area contributed by atoms with Crippen LogP contribution in [0.1, 0.15) is 19.3 Å². The lowest BCUT2D eigenvalue weighted by Gasteiger charge is -2.03. The van der Waals surface area contributed by atoms with Gasteiger partial charge in [-0.25, -0.2) is 9.78 Å². The summed E-state index contributed by atoms with van der Waals surface area (Å²) in [5.41, 5.74) is -0.366. The highest BCUT2D eigenvalue weighted by Gasteiger charge is 2.00. The Morgan fingerprint density at radius 1 is 1.53 bits per heavy atom. The molecule has 0 aliphatic rings. The predicted octanol–water partition coefficient (Wildman–Crippen LogP) is 1.15. The van der Waals surface area contributed by atoms with Gasteiger partial charge in [0.15, 0.2) is 0 Å². The van der Waals surface area contributed by atoms with E-state index < -0.39 is 5.97 Å². The standard InChI is InChI=1S/C9H11ClN2O3/c10-7-5-11-9(15)12(6-7)4-2-1-3-8(13)14/h5-6H,1-4H2,(H,13,14). The van der Waals surface area contributed by atoms with Gasteiger partial charge in [0.05, 0.1) is 11.2 Å². The average molecular weight is 231 g/mol. The van der Waals surface area contributed by atoms with Crippen LogP contribution >= 0.6 is 11.6 Å². The molecule has 0 aromatic carbocycles. The smallest absolute Gasteiger partial charge is 0.347 e. The quantitative estimate of drug-likeness (QED) is 0.771. The summed E-state index contributed by atoms with van der Waals surface area (Å²) in [4.78, 5) is 25.0. The van der Waals surface area contributed by atoms with Crippen LogP contribution in [0, 0.1) is 0 Å². The molecule has 0 saturated heterocycles. The molecule has 0 amide bonds. The van der Waals surface area contributed by atoms with Crippen molar-refractivity contribution in [2.45, 2.75) is 25.8 Å². The third kappa shape index (κ3) is 4.12. The fourth-order valence-corrected chi connectivity index (χ4v) is 1.31. The molecule has 1 aromatic rings. The van der Waals surface area contributed by atoms with Gasteiger partial charge in [-0.3, -0.25) is 9.36 Å².